The Morgan fingerprint density at radius 3 is 2.64 bits per heavy atom. The smallest absolute Gasteiger partial charge is 0.309 e. The Morgan fingerprint density at radius 2 is 2.00 bits per heavy atom. The predicted octanol–water partition coefficient (Wildman–Crippen LogP) is 5.21. The third kappa shape index (κ3) is 1.95. The van der Waals surface area contributed by atoms with E-state index in [-0.39, 0.29) is 16.7 Å². The number of carboxylic acids is 1. The van der Waals surface area contributed by atoms with Crippen LogP contribution in [0.4, 0.5) is 0 Å². The summed E-state index contributed by atoms with van der Waals surface area (Å²) in [5.41, 5.74) is 1.26. The summed E-state index contributed by atoms with van der Waals surface area (Å²) < 4.78 is 0. The van der Waals surface area contributed by atoms with Crippen molar-refractivity contribution in [1.82, 2.24) is 0 Å². The van der Waals surface area contributed by atoms with Crippen LogP contribution in [0.5, 0.6) is 0 Å². The Hall–Kier alpha value is -1.05. The van der Waals surface area contributed by atoms with Gasteiger partial charge in [-0.1, -0.05) is 38.0 Å². The van der Waals surface area contributed by atoms with Crippen LogP contribution in [0.25, 0.3) is 0 Å². The van der Waals surface area contributed by atoms with Crippen LogP contribution in [0.3, 0.4) is 0 Å². The van der Waals surface area contributed by atoms with Gasteiger partial charge in [-0.05, 0) is 68.1 Å². The highest BCUT2D eigenvalue weighted by Crippen LogP contribution is 2.65. The lowest BCUT2D eigenvalue weighted by Crippen LogP contribution is -2.54. The van der Waals surface area contributed by atoms with Gasteiger partial charge in [-0.2, -0.15) is 0 Å². The molecule has 0 bridgehead atoms. The van der Waals surface area contributed by atoms with Crippen molar-refractivity contribution in [3.63, 3.8) is 0 Å². The van der Waals surface area contributed by atoms with E-state index in [2.05, 4.69) is 32.6 Å². The van der Waals surface area contributed by atoms with Crippen molar-refractivity contribution >= 4 is 5.97 Å². The third-order valence-electron chi connectivity index (χ3n) is 7.51. The van der Waals surface area contributed by atoms with Gasteiger partial charge in [-0.15, -0.1) is 6.58 Å². The summed E-state index contributed by atoms with van der Waals surface area (Å²) in [6.07, 6.45) is 12.1. The molecule has 5 atom stereocenters. The van der Waals surface area contributed by atoms with Crippen molar-refractivity contribution in [3.8, 4) is 0 Å². The van der Waals surface area contributed by atoms with Crippen LogP contribution in [-0.4, -0.2) is 11.1 Å². The second-order valence-corrected chi connectivity index (χ2v) is 8.58. The Labute approximate surface area is 134 Å². The fourth-order valence-corrected chi connectivity index (χ4v) is 6.02. The van der Waals surface area contributed by atoms with Crippen LogP contribution in [0.2, 0.25) is 0 Å². The molecular weight excluding hydrogens is 272 g/mol. The largest absolute Gasteiger partial charge is 0.481 e. The van der Waals surface area contributed by atoms with E-state index in [4.69, 9.17) is 0 Å². The highest BCUT2D eigenvalue weighted by atomic mass is 16.4. The molecule has 2 fully saturated rings. The first-order valence-electron chi connectivity index (χ1n) is 8.85. The van der Waals surface area contributed by atoms with Crippen LogP contribution in [0.15, 0.2) is 24.3 Å². The topological polar surface area (TPSA) is 37.3 Å². The van der Waals surface area contributed by atoms with E-state index in [9.17, 15) is 9.90 Å². The maximum Gasteiger partial charge on any atom is 0.309 e. The molecule has 0 heterocycles. The molecule has 0 radical (unpaired) electrons. The molecule has 2 heteroatoms. The van der Waals surface area contributed by atoms with Crippen molar-refractivity contribution < 1.29 is 9.90 Å². The minimum Gasteiger partial charge on any atom is -0.481 e. The van der Waals surface area contributed by atoms with E-state index >= 15 is 0 Å². The quantitative estimate of drug-likeness (QED) is 0.711. The standard InChI is InChI=1S/C20H30O2/c1-5-18(2)11-6-8-15-14(18)9-10-16-19(15,3)12-7-13-20(16,4)17(21)22/h5,8,14,16H,1,6-7,9-13H2,2-4H3,(H,21,22)/t14-,16?,18+,19+,20-/m1/s1. The average molecular weight is 302 g/mol. The lowest BCUT2D eigenvalue weighted by atomic mass is 9.44. The van der Waals surface area contributed by atoms with Crippen molar-refractivity contribution in [2.24, 2.45) is 28.1 Å². The van der Waals surface area contributed by atoms with Gasteiger partial charge in [0.05, 0.1) is 5.41 Å². The molecule has 0 aromatic rings. The average Bonchev–Trinajstić information content (AvgIpc) is 2.47. The normalized spacial score (nSPS) is 47.9. The molecule has 1 unspecified atom stereocenters. The van der Waals surface area contributed by atoms with Gasteiger partial charge < -0.3 is 5.11 Å². The highest BCUT2D eigenvalue weighted by Gasteiger charge is 2.58. The SMILES string of the molecule is C=C[C@@]1(C)CCC=C2[C@H]1CCC1[C@](C)(C(=O)O)CCC[C@@]21C. The second kappa shape index (κ2) is 4.97. The monoisotopic (exact) mass is 302 g/mol. The van der Waals surface area contributed by atoms with Crippen LogP contribution >= 0.6 is 0 Å². The van der Waals surface area contributed by atoms with Crippen molar-refractivity contribution in [2.45, 2.75) is 65.7 Å². The lowest BCUT2D eigenvalue weighted by molar-refractivity contribution is -0.160. The van der Waals surface area contributed by atoms with Gasteiger partial charge in [-0.25, -0.2) is 0 Å². The first-order valence-corrected chi connectivity index (χ1v) is 8.85. The molecule has 3 aliphatic carbocycles. The molecular formula is C20H30O2. The molecule has 0 spiro atoms. The number of hydrogen-bond donors (Lipinski definition) is 1. The summed E-state index contributed by atoms with van der Waals surface area (Å²) in [6, 6.07) is 0. The summed E-state index contributed by atoms with van der Waals surface area (Å²) in [7, 11) is 0. The molecule has 0 aliphatic heterocycles. The second-order valence-electron chi connectivity index (χ2n) is 8.58. The molecule has 3 rings (SSSR count). The fourth-order valence-electron chi connectivity index (χ4n) is 6.02. The summed E-state index contributed by atoms with van der Waals surface area (Å²) in [5, 5.41) is 9.86. The van der Waals surface area contributed by atoms with Gasteiger partial charge in [0.1, 0.15) is 0 Å². The fraction of sp³-hybridized carbons (Fsp3) is 0.750. The van der Waals surface area contributed by atoms with Gasteiger partial charge in [0, 0.05) is 0 Å². The van der Waals surface area contributed by atoms with Crippen LogP contribution in [-0.2, 0) is 4.79 Å². The Kier molecular flexibility index (Phi) is 3.58. The van der Waals surface area contributed by atoms with Crippen molar-refractivity contribution in [1.29, 1.82) is 0 Å². The number of carboxylic acid groups (broad SMARTS) is 1. The number of carbonyl (C=O) groups is 1. The molecule has 0 aromatic heterocycles. The van der Waals surface area contributed by atoms with Crippen LogP contribution < -0.4 is 0 Å². The highest BCUT2D eigenvalue weighted by molar-refractivity contribution is 5.75. The maximum absolute atomic E-state index is 12.0. The predicted molar refractivity (Wildman–Crippen MR) is 89.5 cm³/mol. The van der Waals surface area contributed by atoms with E-state index in [0.29, 0.717) is 5.92 Å². The molecule has 122 valence electrons. The summed E-state index contributed by atoms with van der Waals surface area (Å²) >= 11 is 0. The van der Waals surface area contributed by atoms with Crippen molar-refractivity contribution in [2.75, 3.05) is 0 Å². The van der Waals surface area contributed by atoms with Gasteiger partial charge in [-0.3, -0.25) is 4.79 Å². The summed E-state index contributed by atoms with van der Waals surface area (Å²) in [5.74, 6) is 0.252. The number of rotatable bonds is 2. The van der Waals surface area contributed by atoms with E-state index in [1.807, 2.05) is 6.92 Å². The molecule has 1 N–H and O–H groups in total. The van der Waals surface area contributed by atoms with E-state index in [1.54, 1.807) is 5.57 Å². The molecule has 0 amide bonds. The zero-order valence-electron chi connectivity index (χ0n) is 14.3. The number of hydrogen-bond acceptors (Lipinski definition) is 1. The molecule has 22 heavy (non-hydrogen) atoms. The van der Waals surface area contributed by atoms with Crippen molar-refractivity contribution in [3.05, 3.63) is 24.3 Å². The van der Waals surface area contributed by atoms with Crippen LogP contribution in [0, 0.1) is 28.1 Å². The molecule has 2 nitrogen and oxygen atoms in total. The zero-order valence-corrected chi connectivity index (χ0v) is 14.3. The maximum atomic E-state index is 12.0. The lowest BCUT2D eigenvalue weighted by Gasteiger charge is -2.59. The summed E-state index contributed by atoms with van der Waals surface area (Å²) in [6.45, 7) is 10.8. The minimum absolute atomic E-state index is 0.0684. The van der Waals surface area contributed by atoms with Gasteiger partial charge >= 0.3 is 5.97 Å². The number of fused-ring (bicyclic) bond motifs is 3. The van der Waals surface area contributed by atoms with Gasteiger partial charge in [0.25, 0.3) is 0 Å². The summed E-state index contributed by atoms with van der Waals surface area (Å²) in [4.78, 5) is 12.0. The number of allylic oxidation sites excluding steroid dienone is 3. The number of aliphatic carboxylic acids is 1. The Balaban J connectivity index is 2.04. The first kappa shape index (κ1) is 15.8. The van der Waals surface area contributed by atoms with E-state index in [0.717, 1.165) is 38.5 Å². The minimum atomic E-state index is -0.593. The molecule has 2 saturated carbocycles. The molecule has 3 aliphatic rings. The third-order valence-corrected chi connectivity index (χ3v) is 7.51. The Bertz CT molecular complexity index is 534. The first-order chi connectivity index (χ1) is 10.3. The van der Waals surface area contributed by atoms with Gasteiger partial charge in [0.2, 0.25) is 0 Å². The molecule has 0 saturated heterocycles. The van der Waals surface area contributed by atoms with Gasteiger partial charge in [0.15, 0.2) is 0 Å². The Morgan fingerprint density at radius 1 is 1.27 bits per heavy atom. The zero-order chi connectivity index (χ0) is 16.2. The van der Waals surface area contributed by atoms with Crippen LogP contribution in [0.1, 0.15) is 65.7 Å². The molecule has 0 aromatic carbocycles. The van der Waals surface area contributed by atoms with E-state index < -0.39 is 11.4 Å². The van der Waals surface area contributed by atoms with E-state index in [1.165, 1.54) is 6.42 Å².